The number of allylic oxidation sites excluding steroid dienone is 2. The summed E-state index contributed by atoms with van der Waals surface area (Å²) >= 11 is 1.28. The molecule has 3 rings (SSSR count). The zero-order chi connectivity index (χ0) is 18.5. The highest BCUT2D eigenvalue weighted by atomic mass is 32.2. The lowest BCUT2D eigenvalue weighted by Gasteiger charge is -2.17. The van der Waals surface area contributed by atoms with Gasteiger partial charge in [-0.05, 0) is 51.2 Å². The average molecular weight is 372 g/mol. The Hall–Kier alpha value is -2.08. The third-order valence-corrected chi connectivity index (χ3v) is 5.75. The van der Waals surface area contributed by atoms with Crippen molar-refractivity contribution in [3.8, 4) is 0 Å². The predicted octanol–water partition coefficient (Wildman–Crippen LogP) is 3.94. The van der Waals surface area contributed by atoms with Gasteiger partial charge >= 0.3 is 5.97 Å². The smallest absolute Gasteiger partial charge is 0.318 e. The Morgan fingerprint density at radius 3 is 2.88 bits per heavy atom. The van der Waals surface area contributed by atoms with Crippen LogP contribution in [-0.2, 0) is 16.1 Å². The number of ether oxygens (including phenoxy) is 1. The zero-order valence-corrected chi connectivity index (χ0v) is 16.1. The van der Waals surface area contributed by atoms with Crippen LogP contribution in [0.25, 0.3) is 10.9 Å². The molecule has 0 saturated heterocycles. The number of carbonyl (C=O) groups is 1. The van der Waals surface area contributed by atoms with E-state index in [-0.39, 0.29) is 11.5 Å². The summed E-state index contributed by atoms with van der Waals surface area (Å²) in [7, 11) is 1.37. The molecule has 6 heteroatoms. The first kappa shape index (κ1) is 18.7. The molecule has 0 bridgehead atoms. The number of thioether (sulfide) groups is 1. The summed E-state index contributed by atoms with van der Waals surface area (Å²) < 4.78 is 6.52. The van der Waals surface area contributed by atoms with Gasteiger partial charge in [-0.2, -0.15) is 0 Å². The van der Waals surface area contributed by atoms with Gasteiger partial charge in [0.2, 0.25) is 0 Å². The van der Waals surface area contributed by atoms with E-state index in [1.165, 1.54) is 37.3 Å². The molecular formula is C20H24N2O3S. The van der Waals surface area contributed by atoms with Gasteiger partial charge < -0.3 is 4.74 Å². The van der Waals surface area contributed by atoms with Crippen LogP contribution in [0, 0.1) is 0 Å². The van der Waals surface area contributed by atoms with E-state index in [0.717, 1.165) is 19.3 Å². The fourth-order valence-corrected chi connectivity index (χ4v) is 4.16. The Kier molecular flexibility index (Phi) is 6.14. The monoisotopic (exact) mass is 372 g/mol. The molecule has 1 aromatic carbocycles. The number of fused-ring (bicyclic) bond motifs is 1. The average Bonchev–Trinajstić information content (AvgIpc) is 2.68. The molecule has 1 aliphatic rings. The number of nitrogens with zero attached hydrogens (tertiary/aromatic N) is 2. The number of hydrogen-bond donors (Lipinski definition) is 0. The van der Waals surface area contributed by atoms with Crippen LogP contribution in [0.4, 0.5) is 0 Å². The van der Waals surface area contributed by atoms with Crippen LogP contribution in [-0.4, -0.2) is 27.9 Å². The maximum absolute atomic E-state index is 13.0. The van der Waals surface area contributed by atoms with Crippen LogP contribution in [0.1, 0.15) is 39.0 Å². The lowest BCUT2D eigenvalue weighted by Crippen LogP contribution is -2.25. The van der Waals surface area contributed by atoms with E-state index >= 15 is 0 Å². The van der Waals surface area contributed by atoms with Gasteiger partial charge in [0.25, 0.3) is 5.56 Å². The van der Waals surface area contributed by atoms with Crippen molar-refractivity contribution < 1.29 is 9.53 Å². The minimum absolute atomic E-state index is 0.0495. The molecule has 26 heavy (non-hydrogen) atoms. The molecule has 0 spiro atoms. The maximum Gasteiger partial charge on any atom is 0.318 e. The summed E-state index contributed by atoms with van der Waals surface area (Å²) in [4.78, 5) is 29.5. The third kappa shape index (κ3) is 4.18. The molecule has 5 nitrogen and oxygen atoms in total. The summed E-state index contributed by atoms with van der Waals surface area (Å²) in [5.41, 5.74) is 2.02. The Bertz CT molecular complexity index is 888. The van der Waals surface area contributed by atoms with Gasteiger partial charge in [0.05, 0.1) is 18.0 Å². The highest BCUT2D eigenvalue weighted by molar-refractivity contribution is 8.00. The van der Waals surface area contributed by atoms with E-state index in [4.69, 9.17) is 4.74 Å². The molecule has 0 radical (unpaired) electrons. The zero-order valence-electron chi connectivity index (χ0n) is 15.2. The van der Waals surface area contributed by atoms with Crippen molar-refractivity contribution in [2.75, 3.05) is 7.11 Å². The number of carbonyl (C=O) groups excluding carboxylic acids is 1. The Morgan fingerprint density at radius 1 is 1.35 bits per heavy atom. The molecule has 0 fully saturated rings. The Labute approximate surface area is 157 Å². The molecule has 1 aliphatic carbocycles. The molecule has 1 aromatic heterocycles. The number of para-hydroxylation sites is 1. The van der Waals surface area contributed by atoms with Crippen LogP contribution < -0.4 is 5.56 Å². The van der Waals surface area contributed by atoms with Gasteiger partial charge in [0.1, 0.15) is 5.25 Å². The number of hydrogen-bond acceptors (Lipinski definition) is 5. The molecule has 0 amide bonds. The van der Waals surface area contributed by atoms with Gasteiger partial charge in [-0.15, -0.1) is 0 Å². The highest BCUT2D eigenvalue weighted by Crippen LogP contribution is 2.25. The molecule has 0 saturated carbocycles. The van der Waals surface area contributed by atoms with E-state index in [2.05, 4.69) is 11.1 Å². The molecule has 0 aliphatic heterocycles. The highest BCUT2D eigenvalue weighted by Gasteiger charge is 2.20. The Balaban J connectivity index is 1.95. The first-order chi connectivity index (χ1) is 12.6. The minimum atomic E-state index is -0.423. The molecule has 2 aromatic rings. The predicted molar refractivity (Wildman–Crippen MR) is 105 cm³/mol. The molecule has 138 valence electrons. The van der Waals surface area contributed by atoms with Crippen LogP contribution in [0.3, 0.4) is 0 Å². The molecule has 1 heterocycles. The fourth-order valence-electron chi connectivity index (χ4n) is 3.19. The number of esters is 1. The van der Waals surface area contributed by atoms with Crippen LogP contribution in [0.2, 0.25) is 0 Å². The molecular weight excluding hydrogens is 348 g/mol. The second kappa shape index (κ2) is 8.54. The number of methoxy groups -OCH3 is 1. The largest absolute Gasteiger partial charge is 0.468 e. The molecule has 0 unspecified atom stereocenters. The number of benzene rings is 1. The summed E-state index contributed by atoms with van der Waals surface area (Å²) in [6.45, 7) is 2.35. The summed E-state index contributed by atoms with van der Waals surface area (Å²) in [5.74, 6) is -0.320. The van der Waals surface area contributed by atoms with Gasteiger partial charge in [-0.25, -0.2) is 4.98 Å². The van der Waals surface area contributed by atoms with Crippen molar-refractivity contribution in [2.24, 2.45) is 0 Å². The number of rotatable bonds is 6. The summed E-state index contributed by atoms with van der Waals surface area (Å²) in [6, 6.07) is 7.35. The van der Waals surface area contributed by atoms with E-state index in [9.17, 15) is 9.59 Å². The normalized spacial score (nSPS) is 15.5. The summed E-state index contributed by atoms with van der Waals surface area (Å²) in [5, 5.41) is 0.761. The quantitative estimate of drug-likeness (QED) is 0.333. The lowest BCUT2D eigenvalue weighted by molar-refractivity contribution is -0.139. The van der Waals surface area contributed by atoms with Crippen LogP contribution in [0.5, 0.6) is 0 Å². The summed E-state index contributed by atoms with van der Waals surface area (Å²) in [6.07, 6.45) is 7.85. The van der Waals surface area contributed by atoms with Crippen molar-refractivity contribution in [3.05, 3.63) is 46.3 Å². The van der Waals surface area contributed by atoms with Crippen molar-refractivity contribution in [1.82, 2.24) is 9.55 Å². The van der Waals surface area contributed by atoms with Crippen LogP contribution in [0.15, 0.2) is 45.9 Å². The first-order valence-electron chi connectivity index (χ1n) is 9.02. The minimum Gasteiger partial charge on any atom is -0.468 e. The third-order valence-electron chi connectivity index (χ3n) is 4.68. The number of aromatic nitrogens is 2. The Morgan fingerprint density at radius 2 is 2.15 bits per heavy atom. The van der Waals surface area contributed by atoms with Gasteiger partial charge in [0, 0.05) is 6.54 Å². The van der Waals surface area contributed by atoms with Gasteiger partial charge in [0.15, 0.2) is 5.16 Å². The van der Waals surface area contributed by atoms with Gasteiger partial charge in [-0.3, -0.25) is 14.2 Å². The van der Waals surface area contributed by atoms with Gasteiger partial charge in [-0.1, -0.05) is 35.5 Å². The standard InChI is InChI=1S/C20H24N2O3S/c1-14(19(24)25-2)26-20-21-17-11-7-6-10-16(17)18(23)22(20)13-12-15-8-4-3-5-9-15/h6-8,10-11,14H,3-5,9,12-13H2,1-2H3/t14-/m0/s1. The van der Waals surface area contributed by atoms with E-state index in [1.54, 1.807) is 17.6 Å². The SMILES string of the molecule is COC(=O)[C@H](C)Sc1nc2ccccc2c(=O)n1CCC1=CCCCC1. The van der Waals surface area contributed by atoms with E-state index < -0.39 is 5.25 Å². The van der Waals surface area contributed by atoms with E-state index in [0.29, 0.717) is 22.6 Å². The van der Waals surface area contributed by atoms with Crippen molar-refractivity contribution >= 4 is 28.6 Å². The lowest BCUT2D eigenvalue weighted by atomic mass is 9.97. The van der Waals surface area contributed by atoms with Crippen molar-refractivity contribution in [3.63, 3.8) is 0 Å². The molecule has 1 atom stereocenters. The maximum atomic E-state index is 13.0. The molecule has 0 N–H and O–H groups in total. The first-order valence-corrected chi connectivity index (χ1v) is 9.90. The topological polar surface area (TPSA) is 61.2 Å². The van der Waals surface area contributed by atoms with Crippen molar-refractivity contribution in [2.45, 2.75) is 56.0 Å². The second-order valence-electron chi connectivity index (χ2n) is 6.51. The fraction of sp³-hybridized carbons (Fsp3) is 0.450. The van der Waals surface area contributed by atoms with E-state index in [1.807, 2.05) is 18.2 Å². The second-order valence-corrected chi connectivity index (χ2v) is 7.82. The van der Waals surface area contributed by atoms with Crippen LogP contribution >= 0.6 is 11.8 Å². The van der Waals surface area contributed by atoms with Crippen molar-refractivity contribution in [1.29, 1.82) is 0 Å².